The predicted octanol–water partition coefficient (Wildman–Crippen LogP) is 0.934. The average Bonchev–Trinajstić information content (AvgIpc) is 2.49. The third kappa shape index (κ3) is 14.5. The molecule has 0 aromatic carbocycles. The van der Waals surface area contributed by atoms with E-state index in [0.717, 1.165) is 25.5 Å². The van der Waals surface area contributed by atoms with E-state index in [-0.39, 0.29) is 5.75 Å². The number of nitrogens with one attached hydrogen (secondary N) is 3. The van der Waals surface area contributed by atoms with Gasteiger partial charge in [-0.3, -0.25) is 4.99 Å². The minimum absolute atomic E-state index is 0.108. The number of hydrogen-bond acceptors (Lipinski definition) is 4. The Morgan fingerprint density at radius 3 is 2.48 bits per heavy atom. The van der Waals surface area contributed by atoms with Gasteiger partial charge in [-0.15, -0.1) is 0 Å². The Balaban J connectivity index is 3.86. The summed E-state index contributed by atoms with van der Waals surface area (Å²) in [5.74, 6) is 1.50. The first-order valence-corrected chi connectivity index (χ1v) is 10.1. The van der Waals surface area contributed by atoms with Gasteiger partial charge in [0.2, 0.25) is 10.0 Å². The van der Waals surface area contributed by atoms with Crippen molar-refractivity contribution >= 4 is 16.0 Å². The molecule has 7 nitrogen and oxygen atoms in total. The second kappa shape index (κ2) is 13.6. The molecule has 0 saturated heterocycles. The summed E-state index contributed by atoms with van der Waals surface area (Å²) in [4.78, 5) is 4.41. The van der Waals surface area contributed by atoms with E-state index in [4.69, 9.17) is 4.74 Å². The second-order valence-corrected chi connectivity index (χ2v) is 7.73. The molecular weight excluding hydrogens is 316 g/mol. The lowest BCUT2D eigenvalue weighted by Crippen LogP contribution is -2.39. The second-order valence-electron chi connectivity index (χ2n) is 5.63. The molecule has 0 heterocycles. The summed E-state index contributed by atoms with van der Waals surface area (Å²) in [7, 11) is -3.11. The highest BCUT2D eigenvalue weighted by Gasteiger charge is 2.04. The molecule has 0 amide bonds. The van der Waals surface area contributed by atoms with Crippen molar-refractivity contribution in [3.05, 3.63) is 0 Å². The summed E-state index contributed by atoms with van der Waals surface area (Å²) in [6.45, 7) is 11.9. The van der Waals surface area contributed by atoms with E-state index in [1.807, 2.05) is 6.92 Å². The molecule has 0 spiro atoms. The summed E-state index contributed by atoms with van der Waals surface area (Å²) in [5, 5.41) is 6.36. The van der Waals surface area contributed by atoms with Gasteiger partial charge in [-0.2, -0.15) is 0 Å². The standard InChI is InChI=1S/C15H34N4O3S/c1-5-16-15(18-11-13-22-12-8-14(3)4)17-9-7-10-19-23(20,21)6-2/h14,19H,5-13H2,1-4H3,(H2,16,17,18). The van der Waals surface area contributed by atoms with Crippen molar-refractivity contribution in [3.63, 3.8) is 0 Å². The van der Waals surface area contributed by atoms with Crippen LogP contribution < -0.4 is 15.4 Å². The molecule has 23 heavy (non-hydrogen) atoms. The molecule has 0 aliphatic rings. The molecule has 0 saturated carbocycles. The van der Waals surface area contributed by atoms with Crippen molar-refractivity contribution in [1.82, 2.24) is 15.4 Å². The Hall–Kier alpha value is -0.860. The lowest BCUT2D eigenvalue weighted by molar-refractivity contribution is 0.128. The largest absolute Gasteiger partial charge is 0.380 e. The highest BCUT2D eigenvalue weighted by Crippen LogP contribution is 1.98. The van der Waals surface area contributed by atoms with Crippen molar-refractivity contribution in [2.24, 2.45) is 10.9 Å². The minimum atomic E-state index is -3.11. The van der Waals surface area contributed by atoms with Crippen LogP contribution >= 0.6 is 0 Å². The van der Waals surface area contributed by atoms with Crippen LogP contribution in [0.4, 0.5) is 0 Å². The molecular formula is C15H34N4O3S. The zero-order chi connectivity index (χ0) is 17.6. The molecule has 0 aromatic rings. The lowest BCUT2D eigenvalue weighted by atomic mass is 10.1. The van der Waals surface area contributed by atoms with Crippen LogP contribution in [-0.2, 0) is 14.8 Å². The molecule has 0 bridgehead atoms. The summed E-state index contributed by atoms with van der Waals surface area (Å²) < 4.78 is 30.6. The number of rotatable bonds is 13. The van der Waals surface area contributed by atoms with Gasteiger partial charge in [0, 0.05) is 32.8 Å². The minimum Gasteiger partial charge on any atom is -0.380 e. The molecule has 8 heteroatoms. The van der Waals surface area contributed by atoms with Gasteiger partial charge in [0.15, 0.2) is 5.96 Å². The van der Waals surface area contributed by atoms with Crippen LogP contribution in [0.25, 0.3) is 0 Å². The van der Waals surface area contributed by atoms with Gasteiger partial charge in [0.25, 0.3) is 0 Å². The number of aliphatic imine (C=N–C) groups is 1. The van der Waals surface area contributed by atoms with E-state index in [1.165, 1.54) is 0 Å². The summed E-state index contributed by atoms with van der Waals surface area (Å²) in [6.07, 6.45) is 1.74. The first kappa shape index (κ1) is 22.1. The normalized spacial score (nSPS) is 12.7. The lowest BCUT2D eigenvalue weighted by Gasteiger charge is -2.12. The van der Waals surface area contributed by atoms with E-state index in [0.29, 0.717) is 38.6 Å². The Morgan fingerprint density at radius 1 is 1.13 bits per heavy atom. The molecule has 0 unspecified atom stereocenters. The number of nitrogens with zero attached hydrogens (tertiary/aromatic N) is 1. The number of guanidine groups is 1. The average molecular weight is 351 g/mol. The third-order valence-corrected chi connectivity index (χ3v) is 4.43. The molecule has 3 N–H and O–H groups in total. The van der Waals surface area contributed by atoms with Crippen molar-refractivity contribution in [1.29, 1.82) is 0 Å². The van der Waals surface area contributed by atoms with Gasteiger partial charge in [-0.05, 0) is 32.6 Å². The van der Waals surface area contributed by atoms with Crippen LogP contribution in [0.3, 0.4) is 0 Å². The molecule has 0 fully saturated rings. The molecule has 138 valence electrons. The van der Waals surface area contributed by atoms with Crippen LogP contribution in [0, 0.1) is 5.92 Å². The van der Waals surface area contributed by atoms with Crippen LogP contribution in [0.15, 0.2) is 4.99 Å². The van der Waals surface area contributed by atoms with Gasteiger partial charge < -0.3 is 15.4 Å². The number of hydrogen-bond donors (Lipinski definition) is 3. The molecule has 0 radical (unpaired) electrons. The summed E-state index contributed by atoms with van der Waals surface area (Å²) in [6, 6.07) is 0. The van der Waals surface area contributed by atoms with Gasteiger partial charge >= 0.3 is 0 Å². The zero-order valence-corrected chi connectivity index (χ0v) is 15.8. The first-order chi connectivity index (χ1) is 10.9. The van der Waals surface area contributed by atoms with Gasteiger partial charge in [-0.1, -0.05) is 13.8 Å². The van der Waals surface area contributed by atoms with Crippen LogP contribution in [0.5, 0.6) is 0 Å². The fourth-order valence-electron chi connectivity index (χ4n) is 1.60. The zero-order valence-electron chi connectivity index (χ0n) is 15.0. The molecule has 0 atom stereocenters. The monoisotopic (exact) mass is 350 g/mol. The van der Waals surface area contributed by atoms with Crippen molar-refractivity contribution in [2.45, 2.75) is 40.5 Å². The molecule has 0 aliphatic heterocycles. The van der Waals surface area contributed by atoms with Gasteiger partial charge in [0.1, 0.15) is 0 Å². The quantitative estimate of drug-likeness (QED) is 0.261. The van der Waals surface area contributed by atoms with Crippen molar-refractivity contribution < 1.29 is 13.2 Å². The maximum absolute atomic E-state index is 11.3. The fraction of sp³-hybridized carbons (Fsp3) is 0.933. The Kier molecular flexibility index (Phi) is 13.1. The Labute approximate surface area is 141 Å². The molecule has 0 aromatic heterocycles. The first-order valence-electron chi connectivity index (χ1n) is 8.48. The highest BCUT2D eigenvalue weighted by atomic mass is 32.2. The number of ether oxygens (including phenoxy) is 1. The SMILES string of the molecule is CCNC(=NCCCNS(=O)(=O)CC)NCCOCCC(C)C. The Morgan fingerprint density at radius 2 is 1.87 bits per heavy atom. The fourth-order valence-corrected chi connectivity index (χ4v) is 2.26. The Bertz CT molecular complexity index is 411. The third-order valence-electron chi connectivity index (χ3n) is 3.03. The van der Waals surface area contributed by atoms with Crippen molar-refractivity contribution in [2.75, 3.05) is 45.1 Å². The van der Waals surface area contributed by atoms with Gasteiger partial charge in [-0.25, -0.2) is 13.1 Å². The maximum Gasteiger partial charge on any atom is 0.211 e. The maximum atomic E-state index is 11.3. The van der Waals surface area contributed by atoms with E-state index in [2.05, 4.69) is 34.2 Å². The van der Waals surface area contributed by atoms with Crippen LogP contribution in [0.2, 0.25) is 0 Å². The number of sulfonamides is 1. The highest BCUT2D eigenvalue weighted by molar-refractivity contribution is 7.89. The van der Waals surface area contributed by atoms with E-state index in [9.17, 15) is 8.42 Å². The topological polar surface area (TPSA) is 91.8 Å². The van der Waals surface area contributed by atoms with Crippen molar-refractivity contribution in [3.8, 4) is 0 Å². The van der Waals surface area contributed by atoms with E-state index in [1.54, 1.807) is 6.92 Å². The predicted molar refractivity (Wildman–Crippen MR) is 96.3 cm³/mol. The van der Waals surface area contributed by atoms with Crippen LogP contribution in [-0.4, -0.2) is 59.5 Å². The van der Waals surface area contributed by atoms with E-state index < -0.39 is 10.0 Å². The van der Waals surface area contributed by atoms with E-state index >= 15 is 0 Å². The smallest absolute Gasteiger partial charge is 0.211 e. The summed E-state index contributed by atoms with van der Waals surface area (Å²) >= 11 is 0. The van der Waals surface area contributed by atoms with Gasteiger partial charge in [0.05, 0.1) is 12.4 Å². The molecule has 0 aliphatic carbocycles. The molecule has 0 rings (SSSR count). The summed E-state index contributed by atoms with van der Waals surface area (Å²) in [5.41, 5.74) is 0. The van der Waals surface area contributed by atoms with Crippen LogP contribution in [0.1, 0.15) is 40.5 Å².